The van der Waals surface area contributed by atoms with Gasteiger partial charge in [0.2, 0.25) is 5.91 Å². The summed E-state index contributed by atoms with van der Waals surface area (Å²) in [5, 5.41) is 10.4. The molecule has 1 atom stereocenters. The lowest BCUT2D eigenvalue weighted by atomic mass is 10.1. The third-order valence-electron chi connectivity index (χ3n) is 2.91. The molecule has 2 rings (SSSR count). The van der Waals surface area contributed by atoms with Crippen molar-refractivity contribution in [1.82, 2.24) is 14.8 Å². The van der Waals surface area contributed by atoms with Gasteiger partial charge in [0.1, 0.15) is 12.7 Å². The van der Waals surface area contributed by atoms with Crippen molar-refractivity contribution in [3.63, 3.8) is 0 Å². The molecule has 0 aliphatic heterocycles. The van der Waals surface area contributed by atoms with Crippen LogP contribution in [0, 0.1) is 0 Å². The van der Waals surface area contributed by atoms with Crippen molar-refractivity contribution in [2.24, 2.45) is 5.73 Å². The smallest absolute Gasteiger partial charge is 0.224 e. The SMILES string of the molecule is CC(N)CCCC(=O)Nc1cccc(-n2cnnc2)c1. The number of aromatic nitrogens is 3. The zero-order valence-electron chi connectivity index (χ0n) is 11.5. The largest absolute Gasteiger partial charge is 0.328 e. The van der Waals surface area contributed by atoms with Crippen LogP contribution in [-0.4, -0.2) is 26.7 Å². The van der Waals surface area contributed by atoms with Crippen molar-refractivity contribution in [2.45, 2.75) is 32.2 Å². The molecule has 1 amide bonds. The van der Waals surface area contributed by atoms with Gasteiger partial charge in [-0.2, -0.15) is 0 Å². The second kappa shape index (κ2) is 6.81. The maximum atomic E-state index is 11.8. The Morgan fingerprint density at radius 1 is 1.40 bits per heavy atom. The molecule has 3 N–H and O–H groups in total. The first-order chi connectivity index (χ1) is 9.65. The number of benzene rings is 1. The Labute approximate surface area is 118 Å². The Morgan fingerprint density at radius 3 is 2.85 bits per heavy atom. The van der Waals surface area contributed by atoms with Crippen molar-refractivity contribution in [1.29, 1.82) is 0 Å². The molecule has 106 valence electrons. The van der Waals surface area contributed by atoms with E-state index in [4.69, 9.17) is 5.73 Å². The molecular formula is C14H19N5O. The van der Waals surface area contributed by atoms with Crippen molar-refractivity contribution < 1.29 is 4.79 Å². The Kier molecular flexibility index (Phi) is 4.84. The highest BCUT2D eigenvalue weighted by Crippen LogP contribution is 2.14. The summed E-state index contributed by atoms with van der Waals surface area (Å²) < 4.78 is 1.78. The average molecular weight is 273 g/mol. The summed E-state index contributed by atoms with van der Waals surface area (Å²) in [6.07, 6.45) is 5.37. The molecule has 1 aromatic carbocycles. The van der Waals surface area contributed by atoms with E-state index in [0.717, 1.165) is 24.2 Å². The highest BCUT2D eigenvalue weighted by Gasteiger charge is 2.04. The number of nitrogens with two attached hydrogens (primary N) is 1. The lowest BCUT2D eigenvalue weighted by molar-refractivity contribution is -0.116. The number of rotatable bonds is 6. The second-order valence-corrected chi connectivity index (χ2v) is 4.84. The maximum absolute atomic E-state index is 11.8. The number of hydrogen-bond acceptors (Lipinski definition) is 4. The first-order valence-electron chi connectivity index (χ1n) is 6.65. The van der Waals surface area contributed by atoms with Crippen LogP contribution in [0.2, 0.25) is 0 Å². The number of anilines is 1. The van der Waals surface area contributed by atoms with Gasteiger partial charge in [0.05, 0.1) is 5.69 Å². The molecule has 0 aliphatic carbocycles. The number of amides is 1. The Morgan fingerprint density at radius 2 is 2.15 bits per heavy atom. The first kappa shape index (κ1) is 14.2. The normalized spacial score (nSPS) is 12.1. The minimum atomic E-state index is 0.00607. The summed E-state index contributed by atoms with van der Waals surface area (Å²) in [4.78, 5) is 11.8. The van der Waals surface area contributed by atoms with Gasteiger partial charge in [-0.15, -0.1) is 10.2 Å². The lowest BCUT2D eigenvalue weighted by Crippen LogP contribution is -2.16. The van der Waals surface area contributed by atoms with E-state index >= 15 is 0 Å². The summed E-state index contributed by atoms with van der Waals surface area (Å²) in [6, 6.07) is 7.69. The molecule has 6 heteroatoms. The third kappa shape index (κ3) is 4.17. The van der Waals surface area contributed by atoms with Crippen molar-refractivity contribution in [3.05, 3.63) is 36.9 Å². The van der Waals surface area contributed by atoms with Crippen molar-refractivity contribution in [2.75, 3.05) is 5.32 Å². The first-order valence-corrected chi connectivity index (χ1v) is 6.65. The van der Waals surface area contributed by atoms with Gasteiger partial charge in [-0.25, -0.2) is 0 Å². The summed E-state index contributed by atoms with van der Waals surface area (Å²) >= 11 is 0. The molecule has 0 fully saturated rings. The molecule has 1 unspecified atom stereocenters. The fourth-order valence-corrected chi connectivity index (χ4v) is 1.89. The average Bonchev–Trinajstić information content (AvgIpc) is 2.92. The highest BCUT2D eigenvalue weighted by molar-refractivity contribution is 5.90. The van der Waals surface area contributed by atoms with Crippen LogP contribution in [0.25, 0.3) is 5.69 Å². The van der Waals surface area contributed by atoms with Gasteiger partial charge < -0.3 is 11.1 Å². The number of carbonyl (C=O) groups excluding carboxylic acids is 1. The fourth-order valence-electron chi connectivity index (χ4n) is 1.89. The van der Waals surface area contributed by atoms with Crippen LogP contribution in [0.15, 0.2) is 36.9 Å². The molecule has 0 bridgehead atoms. The van der Waals surface area contributed by atoms with Gasteiger partial charge >= 0.3 is 0 Å². The van der Waals surface area contributed by atoms with E-state index in [2.05, 4.69) is 15.5 Å². The standard InChI is InChI=1S/C14H19N5O/c1-11(15)4-2-7-14(20)18-12-5-3-6-13(8-12)19-9-16-17-10-19/h3,5-6,8-11H,2,4,7,15H2,1H3,(H,18,20). The van der Waals surface area contributed by atoms with E-state index in [1.165, 1.54) is 0 Å². The summed E-state index contributed by atoms with van der Waals surface area (Å²) in [5.41, 5.74) is 7.33. The van der Waals surface area contributed by atoms with Crippen LogP contribution in [0.4, 0.5) is 5.69 Å². The zero-order valence-corrected chi connectivity index (χ0v) is 11.5. The van der Waals surface area contributed by atoms with Crippen LogP contribution >= 0.6 is 0 Å². The number of hydrogen-bond donors (Lipinski definition) is 2. The number of nitrogens with one attached hydrogen (secondary N) is 1. The summed E-state index contributed by atoms with van der Waals surface area (Å²) in [7, 11) is 0. The molecule has 20 heavy (non-hydrogen) atoms. The van der Waals surface area contributed by atoms with Gasteiger partial charge in [0.15, 0.2) is 0 Å². The van der Waals surface area contributed by atoms with E-state index in [9.17, 15) is 4.79 Å². The Bertz CT molecular complexity index is 550. The van der Waals surface area contributed by atoms with Crippen molar-refractivity contribution >= 4 is 11.6 Å². The van der Waals surface area contributed by atoms with E-state index in [-0.39, 0.29) is 11.9 Å². The number of nitrogens with zero attached hydrogens (tertiary/aromatic N) is 3. The monoisotopic (exact) mass is 273 g/mol. The minimum absolute atomic E-state index is 0.00607. The molecule has 0 aliphatic rings. The Balaban J connectivity index is 1.93. The van der Waals surface area contributed by atoms with Crippen LogP contribution in [0.5, 0.6) is 0 Å². The molecule has 6 nitrogen and oxygen atoms in total. The van der Waals surface area contributed by atoms with Crippen LogP contribution in [0.3, 0.4) is 0 Å². The fraction of sp³-hybridized carbons (Fsp3) is 0.357. The third-order valence-corrected chi connectivity index (χ3v) is 2.91. The van der Waals surface area contributed by atoms with Crippen LogP contribution in [-0.2, 0) is 4.79 Å². The topological polar surface area (TPSA) is 85.8 Å². The predicted octanol–water partition coefficient (Wildman–Crippen LogP) is 1.72. The summed E-state index contributed by atoms with van der Waals surface area (Å²) in [5.74, 6) is 0.00607. The van der Waals surface area contributed by atoms with Gasteiger partial charge in [-0.05, 0) is 38.0 Å². The van der Waals surface area contributed by atoms with E-state index in [1.54, 1.807) is 17.2 Å². The highest BCUT2D eigenvalue weighted by atomic mass is 16.1. The molecule has 0 saturated carbocycles. The van der Waals surface area contributed by atoms with E-state index < -0.39 is 0 Å². The molecule has 0 radical (unpaired) electrons. The predicted molar refractivity (Wildman–Crippen MR) is 77.5 cm³/mol. The molecule has 2 aromatic rings. The van der Waals surface area contributed by atoms with Gasteiger partial charge in [0, 0.05) is 18.2 Å². The van der Waals surface area contributed by atoms with Gasteiger partial charge in [-0.3, -0.25) is 9.36 Å². The van der Waals surface area contributed by atoms with Gasteiger partial charge in [-0.1, -0.05) is 6.07 Å². The minimum Gasteiger partial charge on any atom is -0.328 e. The van der Waals surface area contributed by atoms with E-state index in [0.29, 0.717) is 6.42 Å². The summed E-state index contributed by atoms with van der Waals surface area (Å²) in [6.45, 7) is 1.94. The molecule has 1 aromatic heterocycles. The van der Waals surface area contributed by atoms with E-state index in [1.807, 2.05) is 31.2 Å². The zero-order chi connectivity index (χ0) is 14.4. The Hall–Kier alpha value is -2.21. The van der Waals surface area contributed by atoms with Crippen LogP contribution in [0.1, 0.15) is 26.2 Å². The molecule has 0 spiro atoms. The molecular weight excluding hydrogens is 254 g/mol. The quantitative estimate of drug-likeness (QED) is 0.839. The second-order valence-electron chi connectivity index (χ2n) is 4.84. The molecule has 1 heterocycles. The number of carbonyl (C=O) groups is 1. The van der Waals surface area contributed by atoms with Crippen LogP contribution < -0.4 is 11.1 Å². The van der Waals surface area contributed by atoms with Gasteiger partial charge in [0.25, 0.3) is 0 Å². The molecule has 0 saturated heterocycles. The van der Waals surface area contributed by atoms with Crippen molar-refractivity contribution in [3.8, 4) is 5.69 Å². The maximum Gasteiger partial charge on any atom is 0.224 e. The lowest BCUT2D eigenvalue weighted by Gasteiger charge is -2.08.